The smallest absolute Gasteiger partial charge is 0.254 e. The van der Waals surface area contributed by atoms with Gasteiger partial charge >= 0.3 is 0 Å². The van der Waals surface area contributed by atoms with E-state index in [0.717, 1.165) is 61.0 Å². The second kappa shape index (κ2) is 8.06. The molecule has 0 bridgehead atoms. The van der Waals surface area contributed by atoms with Crippen molar-refractivity contribution in [2.45, 2.75) is 32.3 Å². The molecule has 0 aromatic heterocycles. The SMILES string of the molecule is Cc1c(NCC[C@H]2CCCO2)cccc1C(=O)N1CCSCC1. The molecule has 0 spiro atoms. The highest BCUT2D eigenvalue weighted by Gasteiger charge is 2.21. The Hall–Kier alpha value is -1.20. The van der Waals surface area contributed by atoms with Gasteiger partial charge in [0, 0.05) is 49.0 Å². The van der Waals surface area contributed by atoms with Crippen LogP contribution in [-0.4, -0.2) is 54.7 Å². The van der Waals surface area contributed by atoms with Crippen LogP contribution in [0.1, 0.15) is 35.2 Å². The maximum absolute atomic E-state index is 12.7. The zero-order valence-corrected chi connectivity index (χ0v) is 14.7. The molecule has 2 aliphatic heterocycles. The summed E-state index contributed by atoms with van der Waals surface area (Å²) in [6.07, 6.45) is 3.79. The lowest BCUT2D eigenvalue weighted by molar-refractivity contribution is 0.0771. The quantitative estimate of drug-likeness (QED) is 0.898. The van der Waals surface area contributed by atoms with Crippen LogP contribution in [0.25, 0.3) is 0 Å². The topological polar surface area (TPSA) is 41.6 Å². The third kappa shape index (κ3) is 4.21. The molecule has 1 aromatic carbocycles. The van der Waals surface area contributed by atoms with Crippen LogP contribution in [0.4, 0.5) is 5.69 Å². The van der Waals surface area contributed by atoms with Crippen molar-refractivity contribution in [2.75, 3.05) is 43.1 Å². The summed E-state index contributed by atoms with van der Waals surface area (Å²) in [6, 6.07) is 5.99. The van der Waals surface area contributed by atoms with Crippen LogP contribution in [0.2, 0.25) is 0 Å². The molecule has 0 aliphatic carbocycles. The average Bonchev–Trinajstić information content (AvgIpc) is 3.10. The van der Waals surface area contributed by atoms with E-state index in [4.69, 9.17) is 4.74 Å². The molecule has 23 heavy (non-hydrogen) atoms. The van der Waals surface area contributed by atoms with Crippen molar-refractivity contribution in [3.8, 4) is 0 Å². The van der Waals surface area contributed by atoms with Gasteiger partial charge in [-0.2, -0.15) is 11.8 Å². The summed E-state index contributed by atoms with van der Waals surface area (Å²) < 4.78 is 5.66. The van der Waals surface area contributed by atoms with Crippen molar-refractivity contribution < 1.29 is 9.53 Å². The molecule has 2 saturated heterocycles. The molecule has 2 heterocycles. The Morgan fingerprint density at radius 1 is 1.39 bits per heavy atom. The van der Waals surface area contributed by atoms with Crippen LogP contribution in [0.5, 0.6) is 0 Å². The number of rotatable bonds is 5. The van der Waals surface area contributed by atoms with Crippen molar-refractivity contribution in [3.05, 3.63) is 29.3 Å². The molecule has 2 fully saturated rings. The fraction of sp³-hybridized carbons (Fsp3) is 0.611. The molecular weight excluding hydrogens is 308 g/mol. The van der Waals surface area contributed by atoms with Gasteiger partial charge < -0.3 is 15.0 Å². The van der Waals surface area contributed by atoms with E-state index in [1.54, 1.807) is 0 Å². The molecule has 3 rings (SSSR count). The molecule has 1 atom stereocenters. The number of thioether (sulfide) groups is 1. The van der Waals surface area contributed by atoms with Crippen molar-refractivity contribution in [2.24, 2.45) is 0 Å². The number of ether oxygens (including phenoxy) is 1. The predicted octanol–water partition coefficient (Wildman–Crippen LogP) is 3.17. The number of carbonyl (C=O) groups is 1. The summed E-state index contributed by atoms with van der Waals surface area (Å²) in [5, 5.41) is 3.48. The van der Waals surface area contributed by atoms with E-state index in [-0.39, 0.29) is 5.91 Å². The van der Waals surface area contributed by atoms with Crippen LogP contribution in [-0.2, 0) is 4.74 Å². The van der Waals surface area contributed by atoms with Crippen molar-refractivity contribution in [1.82, 2.24) is 4.90 Å². The molecule has 2 aliphatic rings. The summed E-state index contributed by atoms with van der Waals surface area (Å²) >= 11 is 1.92. The summed E-state index contributed by atoms with van der Waals surface area (Å²) in [7, 11) is 0. The lowest BCUT2D eigenvalue weighted by Gasteiger charge is -2.27. The van der Waals surface area contributed by atoms with E-state index < -0.39 is 0 Å². The summed E-state index contributed by atoms with van der Waals surface area (Å²) in [6.45, 7) is 5.56. The van der Waals surface area contributed by atoms with Crippen molar-refractivity contribution >= 4 is 23.4 Å². The van der Waals surface area contributed by atoms with Crippen molar-refractivity contribution in [1.29, 1.82) is 0 Å². The largest absolute Gasteiger partial charge is 0.385 e. The van der Waals surface area contributed by atoms with E-state index in [2.05, 4.69) is 11.4 Å². The van der Waals surface area contributed by atoms with Gasteiger partial charge in [0.2, 0.25) is 0 Å². The second-order valence-corrected chi connectivity index (χ2v) is 7.46. The highest BCUT2D eigenvalue weighted by molar-refractivity contribution is 7.99. The molecule has 126 valence electrons. The Morgan fingerprint density at radius 3 is 2.96 bits per heavy atom. The Bertz CT molecular complexity index is 538. The normalized spacial score (nSPS) is 21.4. The zero-order valence-electron chi connectivity index (χ0n) is 13.8. The first-order valence-corrected chi connectivity index (χ1v) is 9.73. The molecule has 0 radical (unpaired) electrons. The number of anilines is 1. The van der Waals surface area contributed by atoms with Crippen LogP contribution >= 0.6 is 11.8 Å². The first-order valence-electron chi connectivity index (χ1n) is 8.58. The molecule has 1 N–H and O–H groups in total. The van der Waals surface area contributed by atoms with Crippen LogP contribution in [0.3, 0.4) is 0 Å². The lowest BCUT2D eigenvalue weighted by atomic mass is 10.0. The van der Waals surface area contributed by atoms with Crippen LogP contribution in [0.15, 0.2) is 18.2 Å². The van der Waals surface area contributed by atoms with E-state index >= 15 is 0 Å². The Labute approximate surface area is 143 Å². The van der Waals surface area contributed by atoms with Gasteiger partial charge in [-0.05, 0) is 43.9 Å². The van der Waals surface area contributed by atoms with Gasteiger partial charge in [0.1, 0.15) is 0 Å². The maximum Gasteiger partial charge on any atom is 0.254 e. The number of carbonyl (C=O) groups excluding carboxylic acids is 1. The molecule has 1 aromatic rings. The summed E-state index contributed by atoms with van der Waals surface area (Å²) in [5.74, 6) is 2.26. The molecule has 0 saturated carbocycles. The molecular formula is C18H26N2O2S. The van der Waals surface area contributed by atoms with Gasteiger partial charge in [-0.3, -0.25) is 4.79 Å². The third-order valence-electron chi connectivity index (χ3n) is 4.67. The number of hydrogen-bond donors (Lipinski definition) is 1. The number of nitrogens with one attached hydrogen (secondary N) is 1. The van der Waals surface area contributed by atoms with Gasteiger partial charge in [0.25, 0.3) is 5.91 Å². The molecule has 1 amide bonds. The highest BCUT2D eigenvalue weighted by Crippen LogP contribution is 2.22. The van der Waals surface area contributed by atoms with Gasteiger partial charge in [-0.15, -0.1) is 0 Å². The third-order valence-corrected chi connectivity index (χ3v) is 5.61. The molecule has 5 heteroatoms. The lowest BCUT2D eigenvalue weighted by Crippen LogP contribution is -2.38. The number of hydrogen-bond acceptors (Lipinski definition) is 4. The fourth-order valence-electron chi connectivity index (χ4n) is 3.24. The van der Waals surface area contributed by atoms with E-state index in [1.165, 1.54) is 12.8 Å². The number of nitrogens with zero attached hydrogens (tertiary/aromatic N) is 1. The van der Waals surface area contributed by atoms with Crippen molar-refractivity contribution in [3.63, 3.8) is 0 Å². The standard InChI is InChI=1S/C18H26N2O2S/c1-14-16(18(21)20-9-12-23-13-10-20)5-2-6-17(14)19-8-7-15-4-3-11-22-15/h2,5-6,15,19H,3-4,7-13H2,1H3/t15-/m1/s1. The van der Waals surface area contributed by atoms with E-state index in [1.807, 2.05) is 35.7 Å². The summed E-state index contributed by atoms with van der Waals surface area (Å²) in [5.41, 5.74) is 2.96. The van der Waals surface area contributed by atoms with Gasteiger partial charge in [0.05, 0.1) is 6.10 Å². The first-order chi connectivity index (χ1) is 11.3. The van der Waals surface area contributed by atoms with Gasteiger partial charge in [-0.25, -0.2) is 0 Å². The van der Waals surface area contributed by atoms with E-state index in [0.29, 0.717) is 6.10 Å². The number of amides is 1. The van der Waals surface area contributed by atoms with Crippen LogP contribution in [0, 0.1) is 6.92 Å². The minimum absolute atomic E-state index is 0.172. The minimum Gasteiger partial charge on any atom is -0.385 e. The van der Waals surface area contributed by atoms with E-state index in [9.17, 15) is 4.79 Å². The molecule has 0 unspecified atom stereocenters. The average molecular weight is 334 g/mol. The van der Waals surface area contributed by atoms with Crippen LogP contribution < -0.4 is 5.32 Å². The predicted molar refractivity (Wildman–Crippen MR) is 96.5 cm³/mol. The van der Waals surface area contributed by atoms with Gasteiger partial charge in [-0.1, -0.05) is 6.07 Å². The minimum atomic E-state index is 0.172. The Balaban J connectivity index is 1.61. The fourth-order valence-corrected chi connectivity index (χ4v) is 4.14. The second-order valence-electron chi connectivity index (χ2n) is 6.23. The monoisotopic (exact) mass is 334 g/mol. The first kappa shape index (κ1) is 16.7. The van der Waals surface area contributed by atoms with Gasteiger partial charge in [0.15, 0.2) is 0 Å². The zero-order chi connectivity index (χ0) is 16.1. The molecule has 4 nitrogen and oxygen atoms in total. The summed E-state index contributed by atoms with van der Waals surface area (Å²) in [4.78, 5) is 14.7. The highest BCUT2D eigenvalue weighted by atomic mass is 32.2. The Kier molecular flexibility index (Phi) is 5.84. The maximum atomic E-state index is 12.7. The number of benzene rings is 1. The Morgan fingerprint density at radius 2 is 2.22 bits per heavy atom.